The standard InChI is InChI=1S/C21H18N2O4S/c24-23(25)19-12-14-20(15-13-19)28(26,27)22-21(18-9-5-2-6-10-18)16-11-17-7-3-1-4-8-17/h1-16,21-22H/b16-11+/t21-/m1/s1. The van der Waals surface area contributed by atoms with E-state index in [1.807, 2.05) is 66.7 Å². The molecule has 0 saturated heterocycles. The van der Waals surface area contributed by atoms with Crippen molar-refractivity contribution in [2.45, 2.75) is 10.9 Å². The van der Waals surface area contributed by atoms with Crippen molar-refractivity contribution in [1.29, 1.82) is 0 Å². The number of rotatable bonds is 7. The first-order valence-corrected chi connectivity index (χ1v) is 9.99. The van der Waals surface area contributed by atoms with E-state index in [0.717, 1.165) is 11.1 Å². The number of sulfonamides is 1. The van der Waals surface area contributed by atoms with Crippen molar-refractivity contribution in [2.24, 2.45) is 0 Å². The summed E-state index contributed by atoms with van der Waals surface area (Å²) in [6.07, 6.45) is 3.61. The van der Waals surface area contributed by atoms with Crippen LogP contribution >= 0.6 is 0 Å². The summed E-state index contributed by atoms with van der Waals surface area (Å²) in [6, 6.07) is 22.9. The first-order valence-electron chi connectivity index (χ1n) is 8.51. The molecule has 6 nitrogen and oxygen atoms in total. The van der Waals surface area contributed by atoms with Crippen LogP contribution in [0.25, 0.3) is 6.08 Å². The summed E-state index contributed by atoms with van der Waals surface area (Å²) in [5, 5.41) is 10.8. The summed E-state index contributed by atoms with van der Waals surface area (Å²) in [5.41, 5.74) is 1.56. The third-order valence-electron chi connectivity index (χ3n) is 4.08. The Kier molecular flexibility index (Phi) is 5.98. The number of nitro groups is 1. The zero-order valence-corrected chi connectivity index (χ0v) is 15.6. The summed E-state index contributed by atoms with van der Waals surface area (Å²) in [6.45, 7) is 0. The van der Waals surface area contributed by atoms with Crippen LogP contribution in [-0.4, -0.2) is 13.3 Å². The van der Waals surface area contributed by atoms with E-state index in [-0.39, 0.29) is 10.6 Å². The van der Waals surface area contributed by atoms with Gasteiger partial charge in [-0.05, 0) is 23.3 Å². The van der Waals surface area contributed by atoms with Crippen LogP contribution < -0.4 is 4.72 Å². The fourth-order valence-corrected chi connectivity index (χ4v) is 3.81. The van der Waals surface area contributed by atoms with Gasteiger partial charge in [0.2, 0.25) is 10.0 Å². The zero-order valence-electron chi connectivity index (χ0n) is 14.8. The van der Waals surface area contributed by atoms with Gasteiger partial charge in [-0.2, -0.15) is 4.72 Å². The average Bonchev–Trinajstić information content (AvgIpc) is 2.72. The minimum Gasteiger partial charge on any atom is -0.258 e. The molecule has 142 valence electrons. The SMILES string of the molecule is O=[N+]([O-])c1ccc(S(=O)(=O)N[C@H](/C=C/c2ccccc2)c2ccccc2)cc1. The molecule has 0 heterocycles. The van der Waals surface area contributed by atoms with Crippen molar-refractivity contribution in [1.82, 2.24) is 4.72 Å². The number of hydrogen-bond donors (Lipinski definition) is 1. The third-order valence-corrected chi connectivity index (χ3v) is 5.54. The monoisotopic (exact) mass is 394 g/mol. The molecule has 0 bridgehead atoms. The maximum atomic E-state index is 12.8. The van der Waals surface area contributed by atoms with Gasteiger partial charge in [-0.15, -0.1) is 0 Å². The van der Waals surface area contributed by atoms with Gasteiger partial charge in [-0.3, -0.25) is 10.1 Å². The molecule has 1 N–H and O–H groups in total. The molecule has 0 radical (unpaired) electrons. The molecule has 0 fully saturated rings. The zero-order chi connectivity index (χ0) is 20.0. The van der Waals surface area contributed by atoms with E-state index in [9.17, 15) is 18.5 Å². The lowest BCUT2D eigenvalue weighted by atomic mass is 10.1. The maximum Gasteiger partial charge on any atom is 0.269 e. The molecule has 3 aromatic carbocycles. The van der Waals surface area contributed by atoms with E-state index in [1.165, 1.54) is 24.3 Å². The Balaban J connectivity index is 1.90. The number of non-ortho nitro benzene ring substituents is 1. The van der Waals surface area contributed by atoms with Crippen molar-refractivity contribution in [3.8, 4) is 0 Å². The largest absolute Gasteiger partial charge is 0.269 e. The van der Waals surface area contributed by atoms with E-state index < -0.39 is 21.0 Å². The Morgan fingerprint density at radius 3 is 2.00 bits per heavy atom. The van der Waals surface area contributed by atoms with E-state index in [2.05, 4.69) is 4.72 Å². The van der Waals surface area contributed by atoms with Gasteiger partial charge < -0.3 is 0 Å². The summed E-state index contributed by atoms with van der Waals surface area (Å²) in [7, 11) is -3.88. The van der Waals surface area contributed by atoms with E-state index in [0.29, 0.717) is 0 Å². The molecule has 3 aromatic rings. The van der Waals surface area contributed by atoms with Crippen molar-refractivity contribution in [2.75, 3.05) is 0 Å². The van der Waals surface area contributed by atoms with Gasteiger partial charge in [0.15, 0.2) is 0 Å². The highest BCUT2D eigenvalue weighted by Gasteiger charge is 2.20. The molecule has 0 aliphatic carbocycles. The Morgan fingerprint density at radius 2 is 1.43 bits per heavy atom. The van der Waals surface area contributed by atoms with Gasteiger partial charge in [0.25, 0.3) is 5.69 Å². The molecule has 0 spiro atoms. The molecule has 3 rings (SSSR count). The molecule has 7 heteroatoms. The third kappa shape index (κ3) is 4.91. The molecule has 0 amide bonds. The summed E-state index contributed by atoms with van der Waals surface area (Å²) in [4.78, 5) is 10.2. The Bertz CT molecular complexity index is 1060. The molecule has 0 unspecified atom stereocenters. The van der Waals surface area contributed by atoms with Crippen LogP contribution in [0.15, 0.2) is 95.9 Å². The summed E-state index contributed by atoms with van der Waals surface area (Å²) >= 11 is 0. The van der Waals surface area contributed by atoms with Gasteiger partial charge in [-0.1, -0.05) is 72.8 Å². The molecule has 1 atom stereocenters. The molecular weight excluding hydrogens is 376 g/mol. The quantitative estimate of drug-likeness (QED) is 0.477. The van der Waals surface area contributed by atoms with E-state index in [4.69, 9.17) is 0 Å². The first-order chi connectivity index (χ1) is 13.5. The van der Waals surface area contributed by atoms with E-state index >= 15 is 0 Å². The maximum absolute atomic E-state index is 12.8. The topological polar surface area (TPSA) is 89.3 Å². The number of nitro benzene ring substituents is 1. The average molecular weight is 394 g/mol. The highest BCUT2D eigenvalue weighted by Crippen LogP contribution is 2.21. The lowest BCUT2D eigenvalue weighted by molar-refractivity contribution is -0.384. The predicted octanol–water partition coefficient (Wildman–Crippen LogP) is 4.33. The van der Waals surface area contributed by atoms with Crippen LogP contribution in [0.4, 0.5) is 5.69 Å². The molecular formula is C21H18N2O4S. The smallest absolute Gasteiger partial charge is 0.258 e. The van der Waals surface area contributed by atoms with Crippen LogP contribution in [0.1, 0.15) is 17.2 Å². The van der Waals surface area contributed by atoms with Crippen LogP contribution in [0.2, 0.25) is 0 Å². The highest BCUT2D eigenvalue weighted by molar-refractivity contribution is 7.89. The molecule has 0 aromatic heterocycles. The number of nitrogens with zero attached hydrogens (tertiary/aromatic N) is 1. The van der Waals surface area contributed by atoms with Crippen LogP contribution in [-0.2, 0) is 10.0 Å². The Morgan fingerprint density at radius 1 is 0.857 bits per heavy atom. The number of nitrogens with one attached hydrogen (secondary N) is 1. The van der Waals surface area contributed by atoms with E-state index in [1.54, 1.807) is 6.08 Å². The highest BCUT2D eigenvalue weighted by atomic mass is 32.2. The number of benzene rings is 3. The van der Waals surface area contributed by atoms with Crippen molar-refractivity contribution < 1.29 is 13.3 Å². The van der Waals surface area contributed by atoms with Gasteiger partial charge in [-0.25, -0.2) is 8.42 Å². The second-order valence-corrected chi connectivity index (χ2v) is 7.74. The van der Waals surface area contributed by atoms with Crippen molar-refractivity contribution in [3.63, 3.8) is 0 Å². The summed E-state index contributed by atoms with van der Waals surface area (Å²) in [5.74, 6) is 0. The fourth-order valence-electron chi connectivity index (χ4n) is 2.63. The second-order valence-electron chi connectivity index (χ2n) is 6.03. The first kappa shape index (κ1) is 19.5. The van der Waals surface area contributed by atoms with Gasteiger partial charge in [0.1, 0.15) is 0 Å². The molecule has 0 aliphatic heterocycles. The Labute approximate surface area is 163 Å². The lowest BCUT2D eigenvalue weighted by Gasteiger charge is -2.16. The lowest BCUT2D eigenvalue weighted by Crippen LogP contribution is -2.27. The minimum atomic E-state index is -3.88. The molecule has 0 aliphatic rings. The Hall–Kier alpha value is -3.29. The van der Waals surface area contributed by atoms with Crippen LogP contribution in [0.3, 0.4) is 0 Å². The van der Waals surface area contributed by atoms with Crippen molar-refractivity contribution >= 4 is 21.8 Å². The van der Waals surface area contributed by atoms with Crippen LogP contribution in [0, 0.1) is 10.1 Å². The van der Waals surface area contributed by atoms with Crippen LogP contribution in [0.5, 0.6) is 0 Å². The molecule has 0 saturated carbocycles. The molecule has 28 heavy (non-hydrogen) atoms. The van der Waals surface area contributed by atoms with Gasteiger partial charge in [0, 0.05) is 12.1 Å². The fraction of sp³-hybridized carbons (Fsp3) is 0.0476. The predicted molar refractivity (Wildman–Crippen MR) is 108 cm³/mol. The minimum absolute atomic E-state index is 0.0351. The second kappa shape index (κ2) is 8.60. The number of hydrogen-bond acceptors (Lipinski definition) is 4. The normalized spacial score (nSPS) is 12.7. The van der Waals surface area contributed by atoms with Crippen molar-refractivity contribution in [3.05, 3.63) is 112 Å². The van der Waals surface area contributed by atoms with Gasteiger partial charge in [0.05, 0.1) is 15.9 Å². The summed E-state index contributed by atoms with van der Waals surface area (Å²) < 4.78 is 28.2. The van der Waals surface area contributed by atoms with Gasteiger partial charge >= 0.3 is 0 Å².